The highest BCUT2D eigenvalue weighted by molar-refractivity contribution is 5.93. The van der Waals surface area contributed by atoms with Crippen molar-refractivity contribution in [3.8, 4) is 23.0 Å². The molecule has 0 saturated heterocycles. The van der Waals surface area contributed by atoms with Crippen molar-refractivity contribution in [2.45, 2.75) is 52.5 Å². The average molecular weight is 553 g/mol. The molecular weight excluding hydrogens is 512 g/mol. The zero-order valence-electron chi connectivity index (χ0n) is 24.6. The maximum absolute atomic E-state index is 10.1. The Kier molecular flexibility index (Phi) is 7.62. The topological polar surface area (TPSA) is 126 Å². The fourth-order valence-corrected chi connectivity index (χ4v) is 5.66. The number of aliphatic hydroxyl groups excluding tert-OH is 1. The van der Waals surface area contributed by atoms with E-state index in [0.29, 0.717) is 42.7 Å². The molecule has 0 aromatic carbocycles. The fourth-order valence-electron chi connectivity index (χ4n) is 5.66. The summed E-state index contributed by atoms with van der Waals surface area (Å²) in [7, 11) is 5.53. The van der Waals surface area contributed by atoms with E-state index in [4.69, 9.17) is 19.2 Å². The lowest BCUT2D eigenvalue weighted by atomic mass is 10.0. The van der Waals surface area contributed by atoms with Gasteiger partial charge in [0.1, 0.15) is 6.10 Å². The summed E-state index contributed by atoms with van der Waals surface area (Å²) in [4.78, 5) is 7.01. The predicted octanol–water partition coefficient (Wildman–Crippen LogP) is 2.61. The lowest BCUT2D eigenvalue weighted by molar-refractivity contribution is -0.0559. The molecule has 2 aliphatic rings. The average Bonchev–Trinajstić information content (AvgIpc) is 3.52. The van der Waals surface area contributed by atoms with Gasteiger partial charge in [0, 0.05) is 37.7 Å². The van der Waals surface area contributed by atoms with E-state index in [1.165, 1.54) is 0 Å². The van der Waals surface area contributed by atoms with E-state index in [0.717, 1.165) is 33.6 Å². The van der Waals surface area contributed by atoms with Crippen LogP contribution in [0.2, 0.25) is 0 Å². The van der Waals surface area contributed by atoms with Crippen LogP contribution in [0.5, 0.6) is 11.8 Å². The second-order valence-electron chi connectivity index (χ2n) is 10.7. The van der Waals surface area contributed by atoms with Gasteiger partial charge in [0.2, 0.25) is 11.8 Å². The Morgan fingerprint density at radius 3 is 2.77 bits per heavy atom. The second-order valence-corrected chi connectivity index (χ2v) is 10.7. The van der Waals surface area contributed by atoms with E-state index in [2.05, 4.69) is 38.7 Å². The fraction of sp³-hybridized carbons (Fsp3) is 0.536. The van der Waals surface area contributed by atoms with E-state index in [9.17, 15) is 5.11 Å². The lowest BCUT2D eigenvalue weighted by Gasteiger charge is -2.33. The molecule has 5 heterocycles. The van der Waals surface area contributed by atoms with Crippen molar-refractivity contribution in [3.05, 3.63) is 34.8 Å². The number of hydrogen-bond donors (Lipinski definition) is 3. The van der Waals surface area contributed by atoms with Gasteiger partial charge >= 0.3 is 0 Å². The number of hydrazine groups is 1. The van der Waals surface area contributed by atoms with E-state index >= 15 is 0 Å². The molecule has 3 aromatic heterocycles. The summed E-state index contributed by atoms with van der Waals surface area (Å²) < 4.78 is 20.2. The summed E-state index contributed by atoms with van der Waals surface area (Å²) in [5.74, 6) is 1.06. The van der Waals surface area contributed by atoms with Crippen LogP contribution >= 0.6 is 0 Å². The van der Waals surface area contributed by atoms with Crippen LogP contribution in [0.3, 0.4) is 0 Å². The number of fused-ring (bicyclic) bond motifs is 3. The van der Waals surface area contributed by atoms with Crippen LogP contribution in [0.4, 0.5) is 0 Å². The van der Waals surface area contributed by atoms with Gasteiger partial charge in [0.05, 0.1) is 48.1 Å². The molecule has 3 aromatic rings. The molecule has 0 spiro atoms. The van der Waals surface area contributed by atoms with E-state index in [1.54, 1.807) is 11.8 Å². The Bertz CT molecular complexity index is 1460. The van der Waals surface area contributed by atoms with Crippen molar-refractivity contribution in [2.75, 3.05) is 40.5 Å². The zero-order chi connectivity index (χ0) is 28.8. The number of aryl methyl sites for hydroxylation is 2. The van der Waals surface area contributed by atoms with Crippen LogP contribution < -0.4 is 14.9 Å². The molecule has 1 unspecified atom stereocenters. The minimum absolute atomic E-state index is 0.0116. The minimum Gasteiger partial charge on any atom is -0.479 e. The molecule has 0 radical (unpaired) electrons. The van der Waals surface area contributed by atoms with Crippen molar-refractivity contribution < 1.29 is 19.3 Å². The van der Waals surface area contributed by atoms with Crippen molar-refractivity contribution in [2.24, 2.45) is 7.05 Å². The highest BCUT2D eigenvalue weighted by Gasteiger charge is 2.42. The molecular formula is C28H40N8O4. The number of aromatic nitrogens is 5. The Hall–Kier alpha value is -3.45. The third-order valence-corrected chi connectivity index (χ3v) is 7.46. The lowest BCUT2D eigenvalue weighted by Crippen LogP contribution is -2.52. The molecule has 216 valence electrons. The van der Waals surface area contributed by atoms with Crippen molar-refractivity contribution in [3.63, 3.8) is 0 Å². The second kappa shape index (κ2) is 10.8. The van der Waals surface area contributed by atoms with Gasteiger partial charge in [-0.3, -0.25) is 10.00 Å². The molecule has 2 aliphatic heterocycles. The molecule has 2 bridgehead atoms. The van der Waals surface area contributed by atoms with E-state index in [1.807, 2.05) is 58.8 Å². The summed E-state index contributed by atoms with van der Waals surface area (Å²) in [6.45, 7) is 11.7. The summed E-state index contributed by atoms with van der Waals surface area (Å²) >= 11 is 0. The number of aliphatic hydroxyl groups is 1. The first kappa shape index (κ1) is 28.1. The van der Waals surface area contributed by atoms with Gasteiger partial charge in [-0.25, -0.2) is 9.67 Å². The van der Waals surface area contributed by atoms with E-state index < -0.39 is 5.72 Å². The highest BCUT2D eigenvalue weighted by atomic mass is 16.5. The van der Waals surface area contributed by atoms with Crippen LogP contribution in [0.25, 0.3) is 28.2 Å². The molecule has 5 rings (SSSR count). The Balaban J connectivity index is 1.75. The number of pyridine rings is 1. The van der Waals surface area contributed by atoms with Gasteiger partial charge in [-0.2, -0.15) is 15.6 Å². The van der Waals surface area contributed by atoms with Crippen molar-refractivity contribution in [1.82, 2.24) is 40.3 Å². The Morgan fingerprint density at radius 2 is 2.08 bits per heavy atom. The van der Waals surface area contributed by atoms with Crippen LogP contribution in [0.1, 0.15) is 39.1 Å². The van der Waals surface area contributed by atoms with Gasteiger partial charge in [0.25, 0.3) is 0 Å². The summed E-state index contributed by atoms with van der Waals surface area (Å²) in [5, 5.41) is 25.3. The zero-order valence-corrected chi connectivity index (χ0v) is 24.6. The normalized spacial score (nSPS) is 23.5. The Morgan fingerprint density at radius 1 is 1.30 bits per heavy atom. The van der Waals surface area contributed by atoms with Crippen LogP contribution in [-0.2, 0) is 11.8 Å². The summed E-state index contributed by atoms with van der Waals surface area (Å²) in [5.41, 5.74) is 8.47. The monoisotopic (exact) mass is 552 g/mol. The van der Waals surface area contributed by atoms with Gasteiger partial charge < -0.3 is 24.3 Å². The molecule has 12 heteroatoms. The molecule has 12 nitrogen and oxygen atoms in total. The number of hydrogen-bond acceptors (Lipinski definition) is 10. The van der Waals surface area contributed by atoms with Gasteiger partial charge in [0.15, 0.2) is 11.2 Å². The molecule has 3 N–H and O–H groups in total. The summed E-state index contributed by atoms with van der Waals surface area (Å²) in [6, 6.07) is 1.83. The number of aromatic amines is 1. The van der Waals surface area contributed by atoms with Crippen molar-refractivity contribution in [1.29, 1.82) is 0 Å². The van der Waals surface area contributed by atoms with Crippen LogP contribution in [0, 0.1) is 6.92 Å². The first-order valence-corrected chi connectivity index (χ1v) is 13.7. The minimum atomic E-state index is -0.791. The number of nitrogens with one attached hydrogen (secondary N) is 2. The molecule has 3 atom stereocenters. The molecule has 40 heavy (non-hydrogen) atoms. The molecule has 0 saturated carbocycles. The standard InChI is InChI=1S/C28H40N8O4/c1-9-39-28(5)20-10-11-21-19-12-22(29-26(38-8)25(19)31-30-21)24-18(4)32-35(7)27(24)40-17(3)13-34(6)14-23(20)36(33-28)16(2)15-37/h10-12,16-17,33,37H,9,13-15H2,1-8H3,(H,30,31)/b11-10+/t16-,17-,28?/m0/s1. The number of likely N-dealkylation sites (N-methyl/N-ethyl adjacent to an activating group) is 1. The first-order valence-electron chi connectivity index (χ1n) is 13.7. The number of nitrogens with zero attached hydrogens (tertiary/aromatic N) is 6. The predicted molar refractivity (Wildman–Crippen MR) is 153 cm³/mol. The van der Waals surface area contributed by atoms with Gasteiger partial charge in [-0.1, -0.05) is 6.08 Å². The first-order chi connectivity index (χ1) is 19.1. The quantitative estimate of drug-likeness (QED) is 0.435. The maximum Gasteiger partial charge on any atom is 0.242 e. The highest BCUT2D eigenvalue weighted by Crippen LogP contribution is 2.38. The van der Waals surface area contributed by atoms with Gasteiger partial charge in [-0.15, -0.1) is 0 Å². The number of H-pyrrole nitrogens is 1. The maximum atomic E-state index is 10.1. The Labute approximate surface area is 234 Å². The van der Waals surface area contributed by atoms with Crippen LogP contribution in [0.15, 0.2) is 23.4 Å². The third kappa shape index (κ3) is 4.85. The largest absolute Gasteiger partial charge is 0.479 e. The van der Waals surface area contributed by atoms with E-state index in [-0.39, 0.29) is 18.8 Å². The molecule has 0 aliphatic carbocycles. The SMILES string of the molecule is CCOC1(C)NN([C@@H](C)CO)C2=C1/C=C/c1[nH]nc3c(OC)nc(cc13)-c1c(C)nn(C)c1O[C@@H](C)CN(C)C2. The summed E-state index contributed by atoms with van der Waals surface area (Å²) in [6.07, 6.45) is 3.92. The number of rotatable bonds is 5. The van der Waals surface area contributed by atoms with Crippen LogP contribution in [-0.4, -0.2) is 98.3 Å². The number of methoxy groups -OCH3 is 1. The molecule has 0 amide bonds. The third-order valence-electron chi connectivity index (χ3n) is 7.46. The van der Waals surface area contributed by atoms with Gasteiger partial charge in [-0.05, 0) is 53.8 Å². The smallest absolute Gasteiger partial charge is 0.242 e. The molecule has 0 fully saturated rings. The van der Waals surface area contributed by atoms with Crippen molar-refractivity contribution >= 4 is 17.0 Å². The number of ether oxygens (including phenoxy) is 3.